The number of nitrogens with two attached hydrogens (primary N) is 1. The van der Waals surface area contributed by atoms with Crippen LogP contribution in [0.5, 0.6) is 5.75 Å². The summed E-state index contributed by atoms with van der Waals surface area (Å²) in [6.07, 6.45) is 4.77. The highest BCUT2D eigenvalue weighted by Gasteiger charge is 2.32. The molecule has 0 bridgehead atoms. The Morgan fingerprint density at radius 1 is 1.12 bits per heavy atom. The van der Waals surface area contributed by atoms with Gasteiger partial charge in [-0.2, -0.15) is 0 Å². The van der Waals surface area contributed by atoms with Gasteiger partial charge in [0.25, 0.3) is 0 Å². The zero-order chi connectivity index (χ0) is 16.9. The van der Waals surface area contributed by atoms with E-state index in [0.717, 1.165) is 44.8 Å². The molecule has 1 amide bonds. The number of methoxy groups -OCH3 is 1. The van der Waals surface area contributed by atoms with Crippen molar-refractivity contribution in [2.24, 2.45) is 5.73 Å². The molecule has 5 heteroatoms. The van der Waals surface area contributed by atoms with E-state index < -0.39 is 0 Å². The van der Waals surface area contributed by atoms with Crippen LogP contribution >= 0.6 is 0 Å². The van der Waals surface area contributed by atoms with E-state index in [-0.39, 0.29) is 17.9 Å². The normalized spacial score (nSPS) is 25.5. The van der Waals surface area contributed by atoms with E-state index in [1.165, 1.54) is 18.4 Å². The molecule has 2 fully saturated rings. The molecule has 132 valence electrons. The van der Waals surface area contributed by atoms with Crippen LogP contribution in [0.25, 0.3) is 0 Å². The Kier molecular flexibility index (Phi) is 5.74. The van der Waals surface area contributed by atoms with Crippen molar-refractivity contribution in [1.29, 1.82) is 0 Å². The molecule has 2 heterocycles. The molecule has 0 unspecified atom stereocenters. The first-order valence-corrected chi connectivity index (χ1v) is 9.07. The Morgan fingerprint density at radius 2 is 1.79 bits per heavy atom. The number of ether oxygens (including phenoxy) is 1. The fraction of sp³-hybridized carbons (Fsp3) is 0.632. The lowest BCUT2D eigenvalue weighted by atomic mass is 9.95. The number of carbonyl (C=O) groups is 1. The van der Waals surface area contributed by atoms with Crippen molar-refractivity contribution >= 4 is 5.91 Å². The van der Waals surface area contributed by atoms with Gasteiger partial charge >= 0.3 is 0 Å². The molecule has 0 aromatic heterocycles. The molecule has 2 atom stereocenters. The van der Waals surface area contributed by atoms with Gasteiger partial charge in [-0.1, -0.05) is 25.0 Å². The van der Waals surface area contributed by atoms with Gasteiger partial charge in [0.1, 0.15) is 5.75 Å². The second-order valence-electron chi connectivity index (χ2n) is 7.03. The quantitative estimate of drug-likeness (QED) is 0.914. The first kappa shape index (κ1) is 17.2. The van der Waals surface area contributed by atoms with Crippen LogP contribution in [-0.2, 0) is 4.79 Å². The summed E-state index contributed by atoms with van der Waals surface area (Å²) in [6.45, 7) is 3.98. The molecule has 0 saturated carbocycles. The molecule has 0 radical (unpaired) electrons. The Balaban J connectivity index is 1.57. The molecule has 2 aliphatic heterocycles. The highest BCUT2D eigenvalue weighted by molar-refractivity contribution is 5.78. The van der Waals surface area contributed by atoms with Crippen molar-refractivity contribution in [2.45, 2.75) is 37.6 Å². The number of likely N-dealkylation sites (tertiary alicyclic amines) is 2. The summed E-state index contributed by atoms with van der Waals surface area (Å²) in [4.78, 5) is 16.8. The molecule has 0 spiro atoms. The summed E-state index contributed by atoms with van der Waals surface area (Å²) in [5.41, 5.74) is 7.58. The predicted octanol–water partition coefficient (Wildman–Crippen LogP) is 1.82. The molecule has 2 aliphatic rings. The van der Waals surface area contributed by atoms with Gasteiger partial charge in [-0.05, 0) is 30.5 Å². The van der Waals surface area contributed by atoms with E-state index >= 15 is 0 Å². The Labute approximate surface area is 144 Å². The largest absolute Gasteiger partial charge is 0.497 e. The average Bonchev–Trinajstić information content (AvgIpc) is 2.80. The highest BCUT2D eigenvalue weighted by Crippen LogP contribution is 2.28. The first-order valence-electron chi connectivity index (χ1n) is 9.07. The summed E-state index contributed by atoms with van der Waals surface area (Å²) in [5, 5.41) is 0. The zero-order valence-corrected chi connectivity index (χ0v) is 14.6. The van der Waals surface area contributed by atoms with Gasteiger partial charge in [0.05, 0.1) is 13.7 Å². The Bertz CT molecular complexity index is 538. The minimum Gasteiger partial charge on any atom is -0.497 e. The molecule has 3 rings (SSSR count). The van der Waals surface area contributed by atoms with Gasteiger partial charge in [0, 0.05) is 38.1 Å². The van der Waals surface area contributed by atoms with Crippen molar-refractivity contribution < 1.29 is 9.53 Å². The fourth-order valence-corrected chi connectivity index (χ4v) is 3.86. The minimum absolute atomic E-state index is 0.0790. The van der Waals surface area contributed by atoms with Crippen LogP contribution in [0.4, 0.5) is 0 Å². The van der Waals surface area contributed by atoms with Gasteiger partial charge in [-0.3, -0.25) is 9.69 Å². The second kappa shape index (κ2) is 7.99. The van der Waals surface area contributed by atoms with Gasteiger partial charge in [0.2, 0.25) is 5.91 Å². The van der Waals surface area contributed by atoms with Gasteiger partial charge in [-0.15, -0.1) is 0 Å². The molecule has 2 saturated heterocycles. The van der Waals surface area contributed by atoms with E-state index in [9.17, 15) is 4.79 Å². The number of carbonyl (C=O) groups excluding carboxylic acids is 1. The average molecular weight is 331 g/mol. The Hall–Kier alpha value is -1.59. The van der Waals surface area contributed by atoms with Gasteiger partial charge in [-0.25, -0.2) is 0 Å². The lowest BCUT2D eigenvalue weighted by Crippen LogP contribution is -2.40. The van der Waals surface area contributed by atoms with E-state index in [0.29, 0.717) is 6.54 Å². The Morgan fingerprint density at radius 3 is 2.42 bits per heavy atom. The monoisotopic (exact) mass is 331 g/mol. The smallest absolute Gasteiger partial charge is 0.236 e. The van der Waals surface area contributed by atoms with Crippen LogP contribution in [0.3, 0.4) is 0 Å². The third-order valence-electron chi connectivity index (χ3n) is 5.30. The maximum Gasteiger partial charge on any atom is 0.236 e. The molecule has 0 aliphatic carbocycles. The van der Waals surface area contributed by atoms with Crippen LogP contribution in [0.2, 0.25) is 0 Å². The fourth-order valence-electron chi connectivity index (χ4n) is 3.86. The van der Waals surface area contributed by atoms with E-state index in [2.05, 4.69) is 17.0 Å². The van der Waals surface area contributed by atoms with Crippen LogP contribution in [0, 0.1) is 0 Å². The van der Waals surface area contributed by atoms with Crippen LogP contribution < -0.4 is 10.5 Å². The molecular formula is C19H29N3O2. The van der Waals surface area contributed by atoms with Crippen molar-refractivity contribution in [3.63, 3.8) is 0 Å². The summed E-state index contributed by atoms with van der Waals surface area (Å²) in [6, 6.07) is 8.21. The minimum atomic E-state index is 0.0790. The molecule has 1 aromatic rings. The maximum absolute atomic E-state index is 12.6. The van der Waals surface area contributed by atoms with Crippen molar-refractivity contribution in [3.05, 3.63) is 29.8 Å². The SMILES string of the molecule is COc1ccc([C@@H]2CN(CC(=O)N3CCCCCC3)C[C@H]2N)cc1. The molecule has 2 N–H and O–H groups in total. The van der Waals surface area contributed by atoms with Gasteiger partial charge in [0.15, 0.2) is 0 Å². The van der Waals surface area contributed by atoms with Crippen LogP contribution in [0.15, 0.2) is 24.3 Å². The van der Waals surface area contributed by atoms with Crippen LogP contribution in [-0.4, -0.2) is 61.6 Å². The third kappa shape index (κ3) is 4.08. The van der Waals surface area contributed by atoms with Crippen molar-refractivity contribution in [1.82, 2.24) is 9.80 Å². The number of nitrogens with zero attached hydrogens (tertiary/aromatic N) is 2. The van der Waals surface area contributed by atoms with Crippen LogP contribution in [0.1, 0.15) is 37.2 Å². The topological polar surface area (TPSA) is 58.8 Å². The van der Waals surface area contributed by atoms with Gasteiger partial charge < -0.3 is 15.4 Å². The van der Waals surface area contributed by atoms with Crippen molar-refractivity contribution in [2.75, 3.05) is 39.8 Å². The summed E-state index contributed by atoms with van der Waals surface area (Å²) in [7, 11) is 1.67. The van der Waals surface area contributed by atoms with E-state index in [1.54, 1.807) is 7.11 Å². The second-order valence-corrected chi connectivity index (χ2v) is 7.03. The number of rotatable bonds is 4. The summed E-state index contributed by atoms with van der Waals surface area (Å²) >= 11 is 0. The summed E-state index contributed by atoms with van der Waals surface area (Å²) < 4.78 is 5.22. The molecule has 5 nitrogen and oxygen atoms in total. The molecule has 24 heavy (non-hydrogen) atoms. The lowest BCUT2D eigenvalue weighted by molar-refractivity contribution is -0.132. The maximum atomic E-state index is 12.6. The van der Waals surface area contributed by atoms with E-state index in [4.69, 9.17) is 10.5 Å². The zero-order valence-electron chi connectivity index (χ0n) is 14.6. The molecular weight excluding hydrogens is 302 g/mol. The number of benzene rings is 1. The molecule has 1 aromatic carbocycles. The highest BCUT2D eigenvalue weighted by atomic mass is 16.5. The first-order chi connectivity index (χ1) is 11.7. The number of amides is 1. The number of hydrogen-bond acceptors (Lipinski definition) is 4. The number of hydrogen-bond donors (Lipinski definition) is 1. The summed E-state index contributed by atoms with van der Waals surface area (Å²) in [5.74, 6) is 1.41. The lowest BCUT2D eigenvalue weighted by Gasteiger charge is -2.24. The standard InChI is InChI=1S/C19H29N3O2/c1-24-16-8-6-15(7-9-16)17-12-21(13-18(17)20)14-19(23)22-10-4-2-3-5-11-22/h6-9,17-18H,2-5,10-14,20H2,1H3/t17-,18+/m0/s1. The predicted molar refractivity (Wildman–Crippen MR) is 95.2 cm³/mol. The van der Waals surface area contributed by atoms with Crippen molar-refractivity contribution in [3.8, 4) is 5.75 Å². The third-order valence-corrected chi connectivity index (χ3v) is 5.30. The van der Waals surface area contributed by atoms with E-state index in [1.807, 2.05) is 17.0 Å².